The van der Waals surface area contributed by atoms with Crippen molar-refractivity contribution < 1.29 is 19.1 Å². The number of ether oxygens (including phenoxy) is 1. The van der Waals surface area contributed by atoms with E-state index in [2.05, 4.69) is 10.6 Å². The number of nitrogens with one attached hydrogen (secondary N) is 1. The summed E-state index contributed by atoms with van der Waals surface area (Å²) in [5.41, 5.74) is 2.12. The van der Waals surface area contributed by atoms with Gasteiger partial charge in [0, 0.05) is 19.9 Å². The van der Waals surface area contributed by atoms with Crippen LogP contribution in [-0.4, -0.2) is 42.6 Å². The van der Waals surface area contributed by atoms with E-state index in [1.165, 1.54) is 16.7 Å². The summed E-state index contributed by atoms with van der Waals surface area (Å²) in [6.07, 6.45) is 2.47. The number of aliphatic hydroxyl groups is 1. The molecule has 1 heterocycles. The Kier molecular flexibility index (Phi) is 7.43. The minimum absolute atomic E-state index is 0.209. The summed E-state index contributed by atoms with van der Waals surface area (Å²) in [7, 11) is 1.69. The lowest BCUT2D eigenvalue weighted by atomic mass is 10.2. The summed E-state index contributed by atoms with van der Waals surface area (Å²) in [5, 5.41) is 9.98. The van der Waals surface area contributed by atoms with Crippen molar-refractivity contribution in [3.8, 4) is 0 Å². The number of rotatable bonds is 10. The Bertz CT molecular complexity index is 615. The average molecular weight is 335 g/mol. The van der Waals surface area contributed by atoms with Gasteiger partial charge in [0.25, 0.3) is 0 Å². The molecular weight excluding hydrogens is 307 g/mol. The van der Waals surface area contributed by atoms with Crippen LogP contribution in [0.3, 0.4) is 0 Å². The van der Waals surface area contributed by atoms with Crippen LogP contribution in [0, 0.1) is 5.82 Å². The monoisotopic (exact) mass is 335 g/mol. The molecule has 0 aliphatic rings. The van der Waals surface area contributed by atoms with E-state index in [1.54, 1.807) is 19.2 Å². The third-order valence-electron chi connectivity index (χ3n) is 4.25. The predicted octanol–water partition coefficient (Wildman–Crippen LogP) is 1.48. The molecule has 0 aliphatic carbocycles. The van der Waals surface area contributed by atoms with E-state index in [1.807, 2.05) is 25.3 Å². The van der Waals surface area contributed by atoms with Gasteiger partial charge in [-0.1, -0.05) is 19.1 Å². The van der Waals surface area contributed by atoms with Gasteiger partial charge in [-0.05, 0) is 36.2 Å². The van der Waals surface area contributed by atoms with E-state index in [0.717, 1.165) is 25.1 Å². The van der Waals surface area contributed by atoms with Gasteiger partial charge in [0.05, 0.1) is 12.3 Å². The zero-order valence-electron chi connectivity index (χ0n) is 14.5. The molecule has 5 heteroatoms. The lowest BCUT2D eigenvalue weighted by Gasteiger charge is -2.22. The van der Waals surface area contributed by atoms with Gasteiger partial charge in [-0.2, -0.15) is 0 Å². The first-order chi connectivity index (χ1) is 11.6. The van der Waals surface area contributed by atoms with Crippen LogP contribution in [-0.2, 0) is 17.8 Å². The molecule has 0 aliphatic heterocycles. The van der Waals surface area contributed by atoms with Crippen molar-refractivity contribution in [3.63, 3.8) is 0 Å². The maximum atomic E-state index is 13.4. The zero-order valence-corrected chi connectivity index (χ0v) is 14.5. The lowest BCUT2D eigenvalue weighted by molar-refractivity contribution is -0.917. The van der Waals surface area contributed by atoms with Crippen LogP contribution in [0.4, 0.5) is 4.39 Å². The predicted molar refractivity (Wildman–Crippen MR) is 92.5 cm³/mol. The first-order valence-electron chi connectivity index (χ1n) is 8.51. The van der Waals surface area contributed by atoms with E-state index >= 15 is 0 Å². The van der Waals surface area contributed by atoms with Crippen LogP contribution in [0.5, 0.6) is 0 Å². The molecule has 2 aromatic rings. The number of hydrogen-bond donors (Lipinski definition) is 2. The number of quaternary nitrogens is 1. The number of aromatic nitrogens is 1. The highest BCUT2D eigenvalue weighted by molar-refractivity contribution is 5.18. The molecule has 2 rings (SSSR count). The Morgan fingerprint density at radius 2 is 2.12 bits per heavy atom. The van der Waals surface area contributed by atoms with Crippen LogP contribution in [0.2, 0.25) is 0 Å². The molecule has 1 aromatic heterocycles. The summed E-state index contributed by atoms with van der Waals surface area (Å²) < 4.78 is 20.7. The second-order valence-electron chi connectivity index (χ2n) is 6.19. The Morgan fingerprint density at radius 1 is 1.29 bits per heavy atom. The largest absolute Gasteiger partial charge is 0.387 e. The van der Waals surface area contributed by atoms with E-state index in [9.17, 15) is 9.50 Å². The highest BCUT2D eigenvalue weighted by Gasteiger charge is 2.16. The van der Waals surface area contributed by atoms with Gasteiger partial charge in [-0.3, -0.25) is 0 Å². The van der Waals surface area contributed by atoms with Gasteiger partial charge in [0.15, 0.2) is 0 Å². The summed E-state index contributed by atoms with van der Waals surface area (Å²) in [6, 6.07) is 10.8. The molecule has 0 amide bonds. The van der Waals surface area contributed by atoms with Crippen molar-refractivity contribution in [2.24, 2.45) is 0 Å². The first kappa shape index (κ1) is 18.6. The van der Waals surface area contributed by atoms with Crippen LogP contribution in [0.15, 0.2) is 42.6 Å². The van der Waals surface area contributed by atoms with Crippen molar-refractivity contribution in [2.45, 2.75) is 32.5 Å². The molecule has 0 saturated carbocycles. The molecule has 2 atom stereocenters. The highest BCUT2D eigenvalue weighted by atomic mass is 19.1. The standard InChI is InChI=1S/C19H27FN2O2/c1-3-19(23)15-21(10-11-24-2)14-18-8-5-9-22(18)13-16-6-4-7-17(20)12-16/h4-9,12,19,23H,3,10-11,13-15H2,1-2H3/p+1/t19-/m1/s1. The van der Waals surface area contributed by atoms with Gasteiger partial charge in [-0.25, -0.2) is 4.39 Å². The normalized spacial score (nSPS) is 13.8. The van der Waals surface area contributed by atoms with Gasteiger partial charge in [0.1, 0.15) is 31.6 Å². The van der Waals surface area contributed by atoms with Crippen molar-refractivity contribution >= 4 is 0 Å². The zero-order chi connectivity index (χ0) is 17.4. The molecule has 1 aromatic carbocycles. The van der Waals surface area contributed by atoms with E-state index in [0.29, 0.717) is 19.7 Å². The molecule has 0 radical (unpaired) electrons. The Morgan fingerprint density at radius 3 is 2.83 bits per heavy atom. The van der Waals surface area contributed by atoms with Gasteiger partial charge in [0.2, 0.25) is 0 Å². The van der Waals surface area contributed by atoms with Gasteiger partial charge in [-0.15, -0.1) is 0 Å². The molecule has 4 nitrogen and oxygen atoms in total. The fraction of sp³-hybridized carbons (Fsp3) is 0.474. The van der Waals surface area contributed by atoms with E-state index in [-0.39, 0.29) is 11.9 Å². The third kappa shape index (κ3) is 5.74. The lowest BCUT2D eigenvalue weighted by Crippen LogP contribution is -3.12. The molecular formula is C19H28FN2O2+. The van der Waals surface area contributed by atoms with Crippen molar-refractivity contribution in [1.82, 2.24) is 4.57 Å². The SMILES string of the molecule is CC[C@@H](O)C[NH+](CCOC)Cc1cccn1Cc1cccc(F)c1. The van der Waals surface area contributed by atoms with Crippen LogP contribution in [0.25, 0.3) is 0 Å². The van der Waals surface area contributed by atoms with Crippen LogP contribution < -0.4 is 4.90 Å². The van der Waals surface area contributed by atoms with Crippen LogP contribution >= 0.6 is 0 Å². The molecule has 1 unspecified atom stereocenters. The second-order valence-corrected chi connectivity index (χ2v) is 6.19. The number of methoxy groups -OCH3 is 1. The minimum atomic E-state index is -0.302. The molecule has 0 spiro atoms. The summed E-state index contributed by atoms with van der Waals surface area (Å²) in [6.45, 7) is 5.65. The number of benzene rings is 1. The quantitative estimate of drug-likeness (QED) is 0.690. The summed E-state index contributed by atoms with van der Waals surface area (Å²) >= 11 is 0. The maximum absolute atomic E-state index is 13.4. The average Bonchev–Trinajstić information content (AvgIpc) is 2.99. The molecule has 24 heavy (non-hydrogen) atoms. The first-order valence-corrected chi connectivity index (χ1v) is 8.51. The number of halogens is 1. The van der Waals surface area contributed by atoms with Crippen molar-refractivity contribution in [1.29, 1.82) is 0 Å². The fourth-order valence-corrected chi connectivity index (χ4v) is 2.84. The minimum Gasteiger partial charge on any atom is -0.387 e. The smallest absolute Gasteiger partial charge is 0.123 e. The summed E-state index contributed by atoms with van der Waals surface area (Å²) in [4.78, 5) is 1.28. The summed E-state index contributed by atoms with van der Waals surface area (Å²) in [5.74, 6) is -0.209. The van der Waals surface area contributed by atoms with Gasteiger partial charge < -0.3 is 19.3 Å². The second kappa shape index (κ2) is 9.57. The maximum Gasteiger partial charge on any atom is 0.123 e. The third-order valence-corrected chi connectivity index (χ3v) is 4.25. The Labute approximate surface area is 143 Å². The van der Waals surface area contributed by atoms with Crippen LogP contribution in [0.1, 0.15) is 24.6 Å². The van der Waals surface area contributed by atoms with Crippen molar-refractivity contribution in [2.75, 3.05) is 26.8 Å². The van der Waals surface area contributed by atoms with Crippen molar-refractivity contribution in [3.05, 3.63) is 59.7 Å². The molecule has 0 fully saturated rings. The number of hydrogen-bond acceptors (Lipinski definition) is 2. The molecule has 132 valence electrons. The number of nitrogens with zero attached hydrogens (tertiary/aromatic N) is 1. The Hall–Kier alpha value is -1.69. The Balaban J connectivity index is 2.06. The van der Waals surface area contributed by atoms with E-state index < -0.39 is 0 Å². The molecule has 0 saturated heterocycles. The number of aliphatic hydroxyl groups excluding tert-OH is 1. The van der Waals surface area contributed by atoms with E-state index in [4.69, 9.17) is 4.74 Å². The highest BCUT2D eigenvalue weighted by Crippen LogP contribution is 2.09. The molecule has 0 bridgehead atoms. The van der Waals surface area contributed by atoms with Gasteiger partial charge >= 0.3 is 0 Å². The molecule has 2 N–H and O–H groups in total. The topological polar surface area (TPSA) is 38.8 Å². The fourth-order valence-electron chi connectivity index (χ4n) is 2.84.